The standard InChI is InChI=1S/C45H60F4N6O4/c1-4-42(57)54-17-7-9-35(26-54)45(48,49)39-14-13-38(20-32(39)25-53-27-37(47)28-53)55-23-31(24-55)22-52-18-15-33(16-19-52)44(29-50-30(2)56,34-8-5-10-36(46)21-34)40-11-6-12-41(40)51-43(58)59-3/h4-5,8,10,13-14,20-21,31,33,35,37,40-41H,1,6-7,9,11-12,15-19,22-29H2,2-3H3,(H,50,56)(H,51,58)/t35?,40-,41-,44-/m0/s1. The van der Waals surface area contributed by atoms with Gasteiger partial charge in [-0.25, -0.2) is 22.4 Å². The number of nitrogens with zero attached hydrogens (tertiary/aromatic N) is 4. The molecule has 1 unspecified atom stereocenters. The first-order valence-electron chi connectivity index (χ1n) is 21.4. The van der Waals surface area contributed by atoms with Gasteiger partial charge in [-0.15, -0.1) is 0 Å². The maximum absolute atomic E-state index is 16.4. The highest BCUT2D eigenvalue weighted by Gasteiger charge is 2.52. The molecule has 4 aliphatic heterocycles. The summed E-state index contributed by atoms with van der Waals surface area (Å²) in [5.74, 6) is -4.56. The molecule has 322 valence electrons. The van der Waals surface area contributed by atoms with E-state index in [1.807, 2.05) is 17.0 Å². The molecule has 4 atom stereocenters. The lowest BCUT2D eigenvalue weighted by molar-refractivity contribution is -0.134. The average molecular weight is 825 g/mol. The summed E-state index contributed by atoms with van der Waals surface area (Å²) in [5, 5.41) is 6.17. The van der Waals surface area contributed by atoms with Crippen molar-refractivity contribution < 1.29 is 36.7 Å². The molecule has 59 heavy (non-hydrogen) atoms. The van der Waals surface area contributed by atoms with Gasteiger partial charge < -0.3 is 30.1 Å². The number of rotatable bonds is 14. The number of alkyl halides is 3. The second kappa shape index (κ2) is 18.2. The molecule has 0 spiro atoms. The lowest BCUT2D eigenvalue weighted by Crippen LogP contribution is -2.58. The molecule has 1 aliphatic carbocycles. The predicted molar refractivity (Wildman–Crippen MR) is 218 cm³/mol. The number of alkyl carbamates (subject to hydrolysis) is 1. The Morgan fingerprint density at radius 1 is 0.915 bits per heavy atom. The molecular formula is C45H60F4N6O4. The summed E-state index contributed by atoms with van der Waals surface area (Å²) >= 11 is 0. The Bertz CT molecular complexity index is 1830. The van der Waals surface area contributed by atoms with E-state index in [4.69, 9.17) is 4.74 Å². The number of likely N-dealkylation sites (tertiary alicyclic amines) is 3. The van der Waals surface area contributed by atoms with Crippen molar-refractivity contribution in [3.05, 3.63) is 77.6 Å². The fourth-order valence-corrected chi connectivity index (χ4v) is 11.0. The molecule has 4 saturated heterocycles. The van der Waals surface area contributed by atoms with E-state index >= 15 is 8.78 Å². The van der Waals surface area contributed by atoms with E-state index in [1.165, 1.54) is 31.1 Å². The van der Waals surface area contributed by atoms with Crippen molar-refractivity contribution in [1.82, 2.24) is 25.3 Å². The second-order valence-corrected chi connectivity index (χ2v) is 17.7. The highest BCUT2D eigenvalue weighted by molar-refractivity contribution is 5.87. The van der Waals surface area contributed by atoms with Gasteiger partial charge in [0.25, 0.3) is 5.92 Å². The Morgan fingerprint density at radius 2 is 1.68 bits per heavy atom. The quantitative estimate of drug-likeness (QED) is 0.172. The molecule has 0 aromatic heterocycles. The van der Waals surface area contributed by atoms with E-state index in [0.717, 1.165) is 76.1 Å². The fourth-order valence-electron chi connectivity index (χ4n) is 11.0. The third-order valence-electron chi connectivity index (χ3n) is 14.0. The highest BCUT2D eigenvalue weighted by atomic mass is 19.3. The number of benzene rings is 2. The van der Waals surface area contributed by atoms with Crippen LogP contribution >= 0.6 is 0 Å². The predicted octanol–water partition coefficient (Wildman–Crippen LogP) is 6.24. The van der Waals surface area contributed by atoms with Crippen LogP contribution in [0.25, 0.3) is 0 Å². The van der Waals surface area contributed by atoms with E-state index in [1.54, 1.807) is 24.3 Å². The molecule has 2 aromatic rings. The first kappa shape index (κ1) is 42.9. The maximum Gasteiger partial charge on any atom is 0.407 e. The van der Waals surface area contributed by atoms with Crippen molar-refractivity contribution in [2.75, 3.05) is 77.5 Å². The summed E-state index contributed by atoms with van der Waals surface area (Å²) in [6.45, 7) is 10.6. The lowest BCUT2D eigenvalue weighted by Gasteiger charge is -2.51. The first-order valence-corrected chi connectivity index (χ1v) is 21.4. The SMILES string of the molecule is C=CC(=O)N1CCCC(C(F)(F)c2ccc(N3CC(CN4CCC([C@@](CNC(C)=O)(c5cccc(F)c5)[C@H]5CCC[C@@H]5NC(=O)OC)CC4)C3)cc2CN2CC(F)C2)C1. The molecule has 0 bridgehead atoms. The van der Waals surface area contributed by atoms with Crippen molar-refractivity contribution in [2.24, 2.45) is 23.7 Å². The van der Waals surface area contributed by atoms with E-state index in [2.05, 4.69) is 27.0 Å². The van der Waals surface area contributed by atoms with Gasteiger partial charge in [0.1, 0.15) is 12.0 Å². The minimum absolute atomic E-state index is 0.0326. The zero-order valence-corrected chi connectivity index (χ0v) is 34.5. The van der Waals surface area contributed by atoms with E-state index in [-0.39, 0.29) is 67.3 Å². The van der Waals surface area contributed by atoms with Crippen molar-refractivity contribution >= 4 is 23.6 Å². The van der Waals surface area contributed by atoms with Gasteiger partial charge in [-0.3, -0.25) is 14.5 Å². The zero-order valence-electron chi connectivity index (χ0n) is 34.5. The van der Waals surface area contributed by atoms with Gasteiger partial charge in [0.2, 0.25) is 11.8 Å². The topological polar surface area (TPSA) is 97.5 Å². The summed E-state index contributed by atoms with van der Waals surface area (Å²) in [6, 6.07) is 11.7. The number of hydrogen-bond donors (Lipinski definition) is 2. The first-order chi connectivity index (χ1) is 28.3. The smallest absolute Gasteiger partial charge is 0.407 e. The van der Waals surface area contributed by atoms with Gasteiger partial charge in [-0.05, 0) is 105 Å². The number of anilines is 1. The summed E-state index contributed by atoms with van der Waals surface area (Å²) in [7, 11) is 1.35. The van der Waals surface area contributed by atoms with Crippen LogP contribution in [0.15, 0.2) is 55.1 Å². The molecular weight excluding hydrogens is 765 g/mol. The number of piperidine rings is 2. The monoisotopic (exact) mass is 824 g/mol. The Morgan fingerprint density at radius 3 is 2.36 bits per heavy atom. The van der Waals surface area contributed by atoms with Crippen LogP contribution in [0.2, 0.25) is 0 Å². The Balaban J connectivity index is 1.03. The van der Waals surface area contributed by atoms with Gasteiger partial charge in [-0.1, -0.05) is 31.2 Å². The summed E-state index contributed by atoms with van der Waals surface area (Å²) < 4.78 is 66.5. The van der Waals surface area contributed by atoms with Gasteiger partial charge in [0, 0.05) is 100 Å². The lowest BCUT2D eigenvalue weighted by atomic mass is 9.58. The van der Waals surface area contributed by atoms with Crippen LogP contribution in [0.5, 0.6) is 0 Å². The highest BCUT2D eigenvalue weighted by Crippen LogP contribution is 2.51. The van der Waals surface area contributed by atoms with E-state index < -0.39 is 29.5 Å². The number of carbonyl (C=O) groups is 3. The molecule has 1 saturated carbocycles. The van der Waals surface area contributed by atoms with Crippen molar-refractivity contribution in [3.8, 4) is 0 Å². The molecule has 14 heteroatoms. The largest absolute Gasteiger partial charge is 0.453 e. The molecule has 2 N–H and O–H groups in total. The fraction of sp³-hybridized carbons (Fsp3) is 0.622. The number of methoxy groups -OCH3 is 1. The van der Waals surface area contributed by atoms with Gasteiger partial charge in [0.05, 0.1) is 7.11 Å². The van der Waals surface area contributed by atoms with Crippen LogP contribution < -0.4 is 15.5 Å². The van der Waals surface area contributed by atoms with Crippen LogP contribution in [0.3, 0.4) is 0 Å². The van der Waals surface area contributed by atoms with Crippen LogP contribution in [0, 0.1) is 29.5 Å². The molecule has 5 fully saturated rings. The van der Waals surface area contributed by atoms with Crippen molar-refractivity contribution in [1.29, 1.82) is 0 Å². The molecule has 0 radical (unpaired) electrons. The summed E-state index contributed by atoms with van der Waals surface area (Å²) in [6.07, 6.45) is 4.71. The van der Waals surface area contributed by atoms with Crippen LogP contribution in [-0.4, -0.2) is 117 Å². The third kappa shape index (κ3) is 9.28. The molecule has 5 aliphatic rings. The van der Waals surface area contributed by atoms with Crippen molar-refractivity contribution in [3.63, 3.8) is 0 Å². The molecule has 10 nitrogen and oxygen atoms in total. The average Bonchev–Trinajstić information content (AvgIpc) is 3.66. The van der Waals surface area contributed by atoms with Crippen LogP contribution in [0.1, 0.15) is 68.6 Å². The summed E-state index contributed by atoms with van der Waals surface area (Å²) in [4.78, 5) is 45.2. The number of halogens is 4. The Kier molecular flexibility index (Phi) is 13.3. The Hall–Kier alpha value is -4.17. The molecule has 7 rings (SSSR count). The number of amides is 3. The van der Waals surface area contributed by atoms with Crippen LogP contribution in [-0.2, 0) is 32.2 Å². The van der Waals surface area contributed by atoms with Gasteiger partial charge >= 0.3 is 6.09 Å². The van der Waals surface area contributed by atoms with Crippen LogP contribution in [0.4, 0.5) is 28.0 Å². The normalized spacial score (nSPS) is 24.8. The maximum atomic E-state index is 16.4. The minimum Gasteiger partial charge on any atom is -0.453 e. The number of ether oxygens (including phenoxy) is 1. The van der Waals surface area contributed by atoms with Gasteiger partial charge in [0.15, 0.2) is 0 Å². The number of carbonyl (C=O) groups excluding carboxylic acids is 3. The van der Waals surface area contributed by atoms with Crippen molar-refractivity contribution in [2.45, 2.75) is 82.0 Å². The van der Waals surface area contributed by atoms with E-state index in [9.17, 15) is 23.2 Å². The number of hydrogen-bond acceptors (Lipinski definition) is 7. The van der Waals surface area contributed by atoms with E-state index in [0.29, 0.717) is 37.4 Å². The summed E-state index contributed by atoms with van der Waals surface area (Å²) in [5.41, 5.74) is 1.57. The molecule has 3 amide bonds. The molecule has 2 aromatic carbocycles. The Labute approximate surface area is 345 Å². The molecule has 4 heterocycles. The number of nitrogens with one attached hydrogen (secondary N) is 2. The van der Waals surface area contributed by atoms with Gasteiger partial charge in [-0.2, -0.15) is 0 Å². The second-order valence-electron chi connectivity index (χ2n) is 17.7. The minimum atomic E-state index is -3.16. The third-order valence-corrected chi connectivity index (χ3v) is 14.0. The zero-order chi connectivity index (χ0) is 41.9.